The topological polar surface area (TPSA) is 63.0 Å². The van der Waals surface area contributed by atoms with Gasteiger partial charge in [-0.2, -0.15) is 16.9 Å². The minimum absolute atomic E-state index is 0.102. The van der Waals surface area contributed by atoms with E-state index in [0.29, 0.717) is 16.1 Å². The number of hydrogen-bond donors (Lipinski definition) is 2. The highest BCUT2D eigenvalue weighted by molar-refractivity contribution is 7.99. The summed E-state index contributed by atoms with van der Waals surface area (Å²) in [7, 11) is 0. The van der Waals surface area contributed by atoms with Crippen molar-refractivity contribution in [2.75, 3.05) is 11.1 Å². The standard InChI is InChI=1S/C15H21ClN4OS/c1-10(2)22-9-11(3)15(21)18-13-8-20(19-14(13)16)12-5-4-6-17-7-12/h4-8,10-11,15,18,21H,9H2,1-3H3. The molecule has 2 aromatic heterocycles. The van der Waals surface area contributed by atoms with E-state index in [-0.39, 0.29) is 5.92 Å². The van der Waals surface area contributed by atoms with Crippen molar-refractivity contribution in [3.63, 3.8) is 0 Å². The molecular formula is C15H21ClN4OS. The maximum absolute atomic E-state index is 10.3. The molecule has 0 aliphatic rings. The van der Waals surface area contributed by atoms with Crippen molar-refractivity contribution in [1.82, 2.24) is 14.8 Å². The van der Waals surface area contributed by atoms with Crippen LogP contribution in [0.2, 0.25) is 5.15 Å². The number of nitrogens with one attached hydrogen (secondary N) is 1. The van der Waals surface area contributed by atoms with E-state index in [9.17, 15) is 5.11 Å². The molecule has 2 atom stereocenters. The van der Waals surface area contributed by atoms with Crippen molar-refractivity contribution in [2.24, 2.45) is 5.92 Å². The zero-order valence-electron chi connectivity index (χ0n) is 12.9. The lowest BCUT2D eigenvalue weighted by Crippen LogP contribution is -2.28. The van der Waals surface area contributed by atoms with Gasteiger partial charge in [0.15, 0.2) is 5.15 Å². The lowest BCUT2D eigenvalue weighted by atomic mass is 10.2. The Kier molecular flexibility index (Phi) is 6.11. The number of halogens is 1. The van der Waals surface area contributed by atoms with Crippen LogP contribution in [0.3, 0.4) is 0 Å². The highest BCUT2D eigenvalue weighted by Crippen LogP contribution is 2.24. The number of hydrogen-bond acceptors (Lipinski definition) is 5. The molecule has 0 aliphatic carbocycles. The average molecular weight is 341 g/mol. The summed E-state index contributed by atoms with van der Waals surface area (Å²) < 4.78 is 1.64. The van der Waals surface area contributed by atoms with E-state index in [2.05, 4.69) is 29.2 Å². The first-order valence-electron chi connectivity index (χ1n) is 7.19. The Morgan fingerprint density at radius 3 is 2.82 bits per heavy atom. The molecule has 2 N–H and O–H groups in total. The smallest absolute Gasteiger partial charge is 0.174 e. The van der Waals surface area contributed by atoms with Crippen LogP contribution in [0.1, 0.15) is 20.8 Å². The van der Waals surface area contributed by atoms with Gasteiger partial charge in [-0.1, -0.05) is 32.4 Å². The van der Waals surface area contributed by atoms with Crippen LogP contribution in [0, 0.1) is 5.92 Å². The van der Waals surface area contributed by atoms with Gasteiger partial charge in [0.05, 0.1) is 23.8 Å². The molecule has 0 aliphatic heterocycles. The lowest BCUT2D eigenvalue weighted by molar-refractivity contribution is 0.155. The van der Waals surface area contributed by atoms with Crippen molar-refractivity contribution >= 4 is 29.1 Å². The van der Waals surface area contributed by atoms with E-state index in [1.54, 1.807) is 23.3 Å². The summed E-state index contributed by atoms with van der Waals surface area (Å²) in [5, 5.41) is 18.4. The van der Waals surface area contributed by atoms with Crippen molar-refractivity contribution in [2.45, 2.75) is 32.2 Å². The molecule has 0 radical (unpaired) electrons. The third-order valence-electron chi connectivity index (χ3n) is 3.11. The van der Waals surface area contributed by atoms with Crippen LogP contribution >= 0.6 is 23.4 Å². The van der Waals surface area contributed by atoms with Crippen LogP contribution in [-0.4, -0.2) is 37.1 Å². The SMILES string of the molecule is CC(C)SCC(C)C(O)Nc1cn(-c2cccnc2)nc1Cl. The molecule has 0 amide bonds. The number of nitrogens with zero attached hydrogens (tertiary/aromatic N) is 3. The van der Waals surface area contributed by atoms with E-state index in [4.69, 9.17) is 11.6 Å². The number of thioether (sulfide) groups is 1. The first kappa shape index (κ1) is 17.1. The Hall–Kier alpha value is -1.24. The van der Waals surface area contributed by atoms with Gasteiger partial charge >= 0.3 is 0 Å². The van der Waals surface area contributed by atoms with Gasteiger partial charge in [-0.15, -0.1) is 0 Å². The summed E-state index contributed by atoms with van der Waals surface area (Å²) in [6.45, 7) is 6.30. The average Bonchev–Trinajstić information content (AvgIpc) is 2.86. The first-order valence-corrected chi connectivity index (χ1v) is 8.62. The maximum atomic E-state index is 10.3. The summed E-state index contributed by atoms with van der Waals surface area (Å²) in [5.41, 5.74) is 1.43. The summed E-state index contributed by atoms with van der Waals surface area (Å²) in [6, 6.07) is 3.72. The van der Waals surface area contributed by atoms with Crippen molar-refractivity contribution in [3.05, 3.63) is 35.9 Å². The molecule has 2 unspecified atom stereocenters. The number of aliphatic hydroxyl groups is 1. The molecule has 2 rings (SSSR count). The van der Waals surface area contributed by atoms with Crippen LogP contribution in [0.5, 0.6) is 0 Å². The Balaban J connectivity index is 2.02. The zero-order valence-corrected chi connectivity index (χ0v) is 14.5. The predicted octanol–water partition coefficient (Wildman–Crippen LogP) is 3.43. The fourth-order valence-corrected chi connectivity index (χ4v) is 2.86. The molecule has 0 saturated heterocycles. The summed E-state index contributed by atoms with van der Waals surface area (Å²) in [5.74, 6) is 0.977. The van der Waals surface area contributed by atoms with Crippen LogP contribution in [0.15, 0.2) is 30.7 Å². The van der Waals surface area contributed by atoms with Crippen molar-refractivity contribution in [3.8, 4) is 5.69 Å². The minimum Gasteiger partial charge on any atom is -0.374 e. The highest BCUT2D eigenvalue weighted by Gasteiger charge is 2.17. The van der Waals surface area contributed by atoms with E-state index in [1.165, 1.54) is 0 Å². The molecule has 0 spiro atoms. The molecule has 2 heterocycles. The summed E-state index contributed by atoms with van der Waals surface area (Å²) in [6.07, 6.45) is 4.48. The Labute approximate surface area is 140 Å². The molecule has 2 aromatic rings. The van der Waals surface area contributed by atoms with Gasteiger partial charge in [0.1, 0.15) is 6.23 Å². The highest BCUT2D eigenvalue weighted by atomic mass is 35.5. The fourth-order valence-electron chi connectivity index (χ4n) is 1.81. The third-order valence-corrected chi connectivity index (χ3v) is 4.78. The van der Waals surface area contributed by atoms with Gasteiger partial charge in [0, 0.05) is 17.9 Å². The molecule has 0 fully saturated rings. The molecule has 5 nitrogen and oxygen atoms in total. The monoisotopic (exact) mass is 340 g/mol. The number of aromatic nitrogens is 3. The number of rotatable bonds is 7. The fraction of sp³-hybridized carbons (Fsp3) is 0.467. The molecule has 7 heteroatoms. The quantitative estimate of drug-likeness (QED) is 0.756. The van der Waals surface area contributed by atoms with E-state index < -0.39 is 6.23 Å². The van der Waals surface area contributed by atoms with Crippen molar-refractivity contribution < 1.29 is 5.11 Å². The Morgan fingerprint density at radius 2 is 2.18 bits per heavy atom. The molecule has 0 bridgehead atoms. The largest absolute Gasteiger partial charge is 0.374 e. The van der Waals surface area contributed by atoms with E-state index >= 15 is 0 Å². The third kappa shape index (κ3) is 4.63. The van der Waals surface area contributed by atoms with Gasteiger partial charge < -0.3 is 10.4 Å². The Bertz CT molecular complexity index is 590. The molecule has 22 heavy (non-hydrogen) atoms. The second-order valence-electron chi connectivity index (χ2n) is 5.44. The lowest BCUT2D eigenvalue weighted by Gasteiger charge is -2.20. The zero-order chi connectivity index (χ0) is 16.1. The van der Waals surface area contributed by atoms with Crippen LogP contribution in [0.4, 0.5) is 5.69 Å². The molecule has 0 aromatic carbocycles. The second kappa shape index (κ2) is 7.85. The second-order valence-corrected chi connectivity index (χ2v) is 7.41. The van der Waals surface area contributed by atoms with E-state index in [1.807, 2.05) is 30.8 Å². The molecule has 120 valence electrons. The summed E-state index contributed by atoms with van der Waals surface area (Å²) >= 11 is 7.96. The molecule has 0 saturated carbocycles. The number of aliphatic hydroxyl groups excluding tert-OH is 1. The maximum Gasteiger partial charge on any atom is 0.174 e. The number of pyridine rings is 1. The normalized spacial score (nSPS) is 14.1. The summed E-state index contributed by atoms with van der Waals surface area (Å²) in [4.78, 5) is 4.05. The van der Waals surface area contributed by atoms with Crippen LogP contribution < -0.4 is 5.32 Å². The van der Waals surface area contributed by atoms with Gasteiger partial charge in [-0.05, 0) is 17.4 Å². The van der Waals surface area contributed by atoms with Gasteiger partial charge in [-0.25, -0.2) is 4.68 Å². The Morgan fingerprint density at radius 1 is 1.41 bits per heavy atom. The van der Waals surface area contributed by atoms with Gasteiger partial charge in [0.25, 0.3) is 0 Å². The van der Waals surface area contributed by atoms with Gasteiger partial charge in [0.2, 0.25) is 0 Å². The van der Waals surface area contributed by atoms with Crippen LogP contribution in [0.25, 0.3) is 5.69 Å². The predicted molar refractivity (Wildman–Crippen MR) is 92.8 cm³/mol. The number of anilines is 1. The minimum atomic E-state index is -0.671. The van der Waals surface area contributed by atoms with Crippen LogP contribution in [-0.2, 0) is 0 Å². The van der Waals surface area contributed by atoms with E-state index in [0.717, 1.165) is 11.4 Å². The van der Waals surface area contributed by atoms with Gasteiger partial charge in [-0.3, -0.25) is 4.98 Å². The van der Waals surface area contributed by atoms with Crippen molar-refractivity contribution in [1.29, 1.82) is 0 Å². The molecular weight excluding hydrogens is 320 g/mol. The first-order chi connectivity index (χ1) is 10.5.